The van der Waals surface area contributed by atoms with Crippen LogP contribution in [0.3, 0.4) is 0 Å². The van der Waals surface area contributed by atoms with Crippen molar-refractivity contribution < 1.29 is 9.59 Å². The first-order chi connectivity index (χ1) is 9.66. The van der Waals surface area contributed by atoms with E-state index in [-0.39, 0.29) is 17.9 Å². The maximum absolute atomic E-state index is 11.8. The molecule has 0 aliphatic carbocycles. The lowest BCUT2D eigenvalue weighted by atomic mass is 9.95. The van der Waals surface area contributed by atoms with Gasteiger partial charge in [0.25, 0.3) is 5.91 Å². The Kier molecular flexibility index (Phi) is 5.55. The van der Waals surface area contributed by atoms with E-state index in [1.54, 1.807) is 6.07 Å². The molecule has 1 fully saturated rings. The molecule has 2 atom stereocenters. The quantitative estimate of drug-likeness (QED) is 0.758. The van der Waals surface area contributed by atoms with Gasteiger partial charge in [-0.25, -0.2) is 0 Å². The average Bonchev–Trinajstić information content (AvgIpc) is 2.95. The summed E-state index contributed by atoms with van der Waals surface area (Å²) in [5.74, 6) is 0.353. The Morgan fingerprint density at radius 1 is 1.50 bits per heavy atom. The molecule has 0 aromatic carbocycles. The fraction of sp³-hybridized carbons (Fsp3) is 0.571. The minimum atomic E-state index is -0.108. The van der Waals surface area contributed by atoms with Crippen LogP contribution in [0.15, 0.2) is 17.5 Å². The second kappa shape index (κ2) is 7.40. The Morgan fingerprint density at radius 2 is 2.35 bits per heavy atom. The van der Waals surface area contributed by atoms with E-state index in [1.807, 2.05) is 11.4 Å². The van der Waals surface area contributed by atoms with E-state index in [2.05, 4.69) is 22.9 Å². The third-order valence-corrected chi connectivity index (χ3v) is 4.38. The highest BCUT2D eigenvalue weighted by atomic mass is 32.1. The van der Waals surface area contributed by atoms with Crippen LogP contribution in [-0.4, -0.2) is 37.5 Å². The maximum atomic E-state index is 11.8. The number of rotatable bonds is 5. The molecule has 6 heteroatoms. The molecule has 2 unspecified atom stereocenters. The molecule has 0 radical (unpaired) electrons. The maximum Gasteiger partial charge on any atom is 0.261 e. The van der Waals surface area contributed by atoms with E-state index in [9.17, 15) is 9.59 Å². The molecule has 2 heterocycles. The van der Waals surface area contributed by atoms with Crippen LogP contribution in [0.2, 0.25) is 0 Å². The first-order valence-electron chi connectivity index (χ1n) is 6.98. The van der Waals surface area contributed by atoms with Crippen molar-refractivity contribution in [2.75, 3.05) is 19.6 Å². The van der Waals surface area contributed by atoms with Crippen LogP contribution in [0.25, 0.3) is 0 Å². The van der Waals surface area contributed by atoms with Crippen molar-refractivity contribution in [2.24, 2.45) is 5.92 Å². The van der Waals surface area contributed by atoms with Gasteiger partial charge in [0.05, 0.1) is 4.88 Å². The van der Waals surface area contributed by atoms with Gasteiger partial charge in [-0.3, -0.25) is 9.59 Å². The Morgan fingerprint density at radius 3 is 3.05 bits per heavy atom. The van der Waals surface area contributed by atoms with Gasteiger partial charge >= 0.3 is 0 Å². The molecule has 1 aliphatic rings. The largest absolute Gasteiger partial charge is 0.353 e. The predicted octanol–water partition coefficient (Wildman–Crippen LogP) is 0.982. The average molecular weight is 295 g/mol. The Bertz CT molecular complexity index is 447. The molecule has 0 bridgehead atoms. The summed E-state index contributed by atoms with van der Waals surface area (Å²) < 4.78 is 0. The zero-order valence-electron chi connectivity index (χ0n) is 11.6. The Labute approximate surface area is 123 Å². The number of carbonyl (C=O) groups is 2. The molecular weight excluding hydrogens is 274 g/mol. The van der Waals surface area contributed by atoms with E-state index >= 15 is 0 Å². The third-order valence-electron chi connectivity index (χ3n) is 3.51. The molecule has 2 amide bonds. The second-order valence-electron chi connectivity index (χ2n) is 5.13. The molecule has 3 N–H and O–H groups in total. The highest BCUT2D eigenvalue weighted by molar-refractivity contribution is 7.12. The summed E-state index contributed by atoms with van der Waals surface area (Å²) >= 11 is 1.40. The SMILES string of the molecule is CC1CNCCC1NC(=O)CCNC(=O)c1cccs1. The molecule has 1 saturated heterocycles. The van der Waals surface area contributed by atoms with Gasteiger partial charge in [-0.1, -0.05) is 13.0 Å². The first-order valence-corrected chi connectivity index (χ1v) is 7.86. The Balaban J connectivity index is 1.66. The predicted molar refractivity (Wildman–Crippen MR) is 79.9 cm³/mol. The fourth-order valence-electron chi connectivity index (χ4n) is 2.29. The standard InChI is InChI=1S/C14H21N3O2S/c1-10-9-15-6-4-11(10)17-13(18)5-7-16-14(19)12-3-2-8-20-12/h2-3,8,10-11,15H,4-7,9H2,1H3,(H,16,19)(H,17,18). The number of piperidine rings is 1. The zero-order chi connectivity index (χ0) is 14.4. The summed E-state index contributed by atoms with van der Waals surface area (Å²) in [6, 6.07) is 3.86. The van der Waals surface area contributed by atoms with E-state index in [0.717, 1.165) is 19.5 Å². The van der Waals surface area contributed by atoms with Gasteiger partial charge in [-0.2, -0.15) is 0 Å². The van der Waals surface area contributed by atoms with Gasteiger partial charge < -0.3 is 16.0 Å². The van der Waals surface area contributed by atoms with Gasteiger partial charge in [0.1, 0.15) is 0 Å². The monoisotopic (exact) mass is 295 g/mol. The topological polar surface area (TPSA) is 70.2 Å². The van der Waals surface area contributed by atoms with E-state index in [1.165, 1.54) is 11.3 Å². The molecule has 0 spiro atoms. The summed E-state index contributed by atoms with van der Waals surface area (Å²) in [5, 5.41) is 11.0. The number of thiophene rings is 1. The van der Waals surface area contributed by atoms with Crippen molar-refractivity contribution in [3.8, 4) is 0 Å². The van der Waals surface area contributed by atoms with Crippen LogP contribution in [0, 0.1) is 5.92 Å². The van der Waals surface area contributed by atoms with E-state index < -0.39 is 0 Å². The Hall–Kier alpha value is -1.40. The van der Waals surface area contributed by atoms with Crippen molar-refractivity contribution in [3.05, 3.63) is 22.4 Å². The van der Waals surface area contributed by atoms with Gasteiger partial charge in [-0.05, 0) is 36.9 Å². The van der Waals surface area contributed by atoms with Gasteiger partial charge in [-0.15, -0.1) is 11.3 Å². The van der Waals surface area contributed by atoms with Crippen LogP contribution in [0.5, 0.6) is 0 Å². The lowest BCUT2D eigenvalue weighted by Crippen LogP contribution is -2.48. The first kappa shape index (κ1) is 15.0. The summed E-state index contributed by atoms with van der Waals surface area (Å²) in [5.41, 5.74) is 0. The van der Waals surface area contributed by atoms with Crippen molar-refractivity contribution in [1.82, 2.24) is 16.0 Å². The molecule has 5 nitrogen and oxygen atoms in total. The molecule has 1 aliphatic heterocycles. The molecule has 1 aromatic heterocycles. The summed E-state index contributed by atoms with van der Waals surface area (Å²) in [6.45, 7) is 4.40. The lowest BCUT2D eigenvalue weighted by Gasteiger charge is -2.30. The number of hydrogen-bond acceptors (Lipinski definition) is 4. The zero-order valence-corrected chi connectivity index (χ0v) is 12.5. The molecule has 0 saturated carbocycles. The van der Waals surface area contributed by atoms with Gasteiger partial charge in [0, 0.05) is 19.0 Å². The van der Waals surface area contributed by atoms with Crippen LogP contribution >= 0.6 is 11.3 Å². The lowest BCUT2D eigenvalue weighted by molar-refractivity contribution is -0.122. The number of carbonyl (C=O) groups excluding carboxylic acids is 2. The van der Waals surface area contributed by atoms with Crippen molar-refractivity contribution in [1.29, 1.82) is 0 Å². The second-order valence-corrected chi connectivity index (χ2v) is 6.07. The van der Waals surface area contributed by atoms with Crippen LogP contribution in [0.1, 0.15) is 29.4 Å². The fourth-order valence-corrected chi connectivity index (χ4v) is 2.93. The van der Waals surface area contributed by atoms with Crippen molar-refractivity contribution >= 4 is 23.2 Å². The van der Waals surface area contributed by atoms with Crippen LogP contribution < -0.4 is 16.0 Å². The van der Waals surface area contributed by atoms with E-state index in [0.29, 0.717) is 23.8 Å². The molecule has 2 rings (SSSR count). The molecule has 110 valence electrons. The van der Waals surface area contributed by atoms with E-state index in [4.69, 9.17) is 0 Å². The van der Waals surface area contributed by atoms with Gasteiger partial charge in [0.15, 0.2) is 0 Å². The molecule has 20 heavy (non-hydrogen) atoms. The number of hydrogen-bond donors (Lipinski definition) is 3. The van der Waals surface area contributed by atoms with Crippen molar-refractivity contribution in [2.45, 2.75) is 25.8 Å². The molecule has 1 aromatic rings. The smallest absolute Gasteiger partial charge is 0.261 e. The number of amides is 2. The van der Waals surface area contributed by atoms with Gasteiger partial charge in [0.2, 0.25) is 5.91 Å². The third kappa shape index (κ3) is 4.31. The number of nitrogens with one attached hydrogen (secondary N) is 3. The van der Waals surface area contributed by atoms with Crippen LogP contribution in [0.4, 0.5) is 0 Å². The minimum absolute atomic E-state index is 0.00947. The summed E-state index contributed by atoms with van der Waals surface area (Å²) in [4.78, 5) is 24.2. The highest BCUT2D eigenvalue weighted by Crippen LogP contribution is 2.10. The van der Waals surface area contributed by atoms with Crippen molar-refractivity contribution in [3.63, 3.8) is 0 Å². The highest BCUT2D eigenvalue weighted by Gasteiger charge is 2.22. The van der Waals surface area contributed by atoms with Crippen LogP contribution in [-0.2, 0) is 4.79 Å². The normalized spacial score (nSPS) is 22.2. The minimum Gasteiger partial charge on any atom is -0.353 e. The molecular formula is C14H21N3O2S. The summed E-state index contributed by atoms with van der Waals surface area (Å²) in [7, 11) is 0. The summed E-state index contributed by atoms with van der Waals surface area (Å²) in [6.07, 6.45) is 1.29.